The predicted octanol–water partition coefficient (Wildman–Crippen LogP) is 1.06. The lowest BCUT2D eigenvalue weighted by Gasteiger charge is -2.17. The lowest BCUT2D eigenvalue weighted by molar-refractivity contribution is -0.148. The molecule has 0 amide bonds. The fourth-order valence-corrected chi connectivity index (χ4v) is 0.487. The third-order valence-corrected chi connectivity index (χ3v) is 0.793. The highest BCUT2D eigenvalue weighted by Gasteiger charge is 2.13. The molecule has 64 valence electrons. The molecule has 0 radical (unpaired) electrons. The molecule has 0 bridgehead atoms. The normalized spacial score (nSPS) is 11.6. The summed E-state index contributed by atoms with van der Waals surface area (Å²) in [6, 6.07) is 0. The zero-order valence-corrected chi connectivity index (χ0v) is 7.47. The third kappa shape index (κ3) is 6.90. The van der Waals surface area contributed by atoms with Gasteiger partial charge in [-0.3, -0.25) is 0 Å². The highest BCUT2D eigenvalue weighted by molar-refractivity contribution is 5.82. The van der Waals surface area contributed by atoms with E-state index in [0.717, 1.165) is 0 Å². The van der Waals surface area contributed by atoms with E-state index in [-0.39, 0.29) is 5.97 Å². The highest BCUT2D eigenvalue weighted by atomic mass is 16.6. The summed E-state index contributed by atoms with van der Waals surface area (Å²) in [6.45, 7) is 5.49. The summed E-state index contributed by atoms with van der Waals surface area (Å²) in [4.78, 5) is 10.9. The maximum Gasteiger partial charge on any atom is 0.332 e. The second kappa shape index (κ2) is 4.01. The highest BCUT2D eigenvalue weighted by Crippen LogP contribution is 2.06. The van der Waals surface area contributed by atoms with Crippen molar-refractivity contribution < 1.29 is 9.53 Å². The largest absolute Gasteiger partial charge is 0.457 e. The number of carbonyl (C=O) groups excluding carboxylic acids is 1. The summed E-state index contributed by atoms with van der Waals surface area (Å²) in [7, 11) is 1.72. The van der Waals surface area contributed by atoms with E-state index in [1.54, 1.807) is 7.05 Å². The molecular weight excluding hydrogens is 142 g/mol. The predicted molar refractivity (Wildman–Crippen MR) is 44.0 cm³/mol. The summed E-state index contributed by atoms with van der Waals surface area (Å²) in [5, 5.41) is 2.70. The van der Waals surface area contributed by atoms with Crippen LogP contribution in [0.5, 0.6) is 0 Å². The molecule has 0 rings (SSSR count). The smallest absolute Gasteiger partial charge is 0.332 e. The first kappa shape index (κ1) is 10.0. The first-order valence-corrected chi connectivity index (χ1v) is 3.52. The van der Waals surface area contributed by atoms with E-state index in [1.807, 2.05) is 20.8 Å². The summed E-state index contributed by atoms with van der Waals surface area (Å²) in [5.41, 5.74) is -0.408. The van der Waals surface area contributed by atoms with Crippen molar-refractivity contribution in [2.75, 3.05) is 7.05 Å². The molecule has 0 aliphatic carbocycles. The van der Waals surface area contributed by atoms with Crippen molar-refractivity contribution in [3.63, 3.8) is 0 Å². The van der Waals surface area contributed by atoms with Gasteiger partial charge in [-0.2, -0.15) is 0 Å². The monoisotopic (exact) mass is 157 g/mol. The maximum atomic E-state index is 10.9. The topological polar surface area (TPSA) is 38.3 Å². The van der Waals surface area contributed by atoms with Crippen molar-refractivity contribution >= 4 is 5.97 Å². The fraction of sp³-hybridized carbons (Fsp3) is 0.625. The van der Waals surface area contributed by atoms with Crippen LogP contribution in [0.4, 0.5) is 0 Å². The molecule has 11 heavy (non-hydrogen) atoms. The average molecular weight is 157 g/mol. The Morgan fingerprint density at radius 2 is 2.00 bits per heavy atom. The molecule has 0 spiro atoms. The van der Waals surface area contributed by atoms with Gasteiger partial charge in [-0.1, -0.05) is 0 Å². The average Bonchev–Trinajstić information content (AvgIpc) is 1.79. The number of hydrogen-bond acceptors (Lipinski definition) is 3. The Morgan fingerprint density at radius 1 is 1.45 bits per heavy atom. The summed E-state index contributed by atoms with van der Waals surface area (Å²) in [5.74, 6) is -0.327. The van der Waals surface area contributed by atoms with E-state index >= 15 is 0 Å². The second-order valence-electron chi connectivity index (χ2n) is 3.16. The van der Waals surface area contributed by atoms with Crippen molar-refractivity contribution in [3.8, 4) is 0 Å². The van der Waals surface area contributed by atoms with Crippen LogP contribution >= 0.6 is 0 Å². The second-order valence-corrected chi connectivity index (χ2v) is 3.16. The molecule has 0 aliphatic heterocycles. The minimum Gasteiger partial charge on any atom is -0.457 e. The van der Waals surface area contributed by atoms with E-state index in [9.17, 15) is 4.79 Å². The number of carbonyl (C=O) groups is 1. The lowest BCUT2D eigenvalue weighted by atomic mass is 10.2. The molecule has 3 heteroatoms. The van der Waals surface area contributed by atoms with Crippen molar-refractivity contribution in [1.82, 2.24) is 5.32 Å². The van der Waals surface area contributed by atoms with Gasteiger partial charge in [-0.25, -0.2) is 4.79 Å². The minimum atomic E-state index is -0.408. The Kier molecular flexibility index (Phi) is 3.65. The van der Waals surface area contributed by atoms with E-state index < -0.39 is 5.60 Å². The maximum absolute atomic E-state index is 10.9. The standard InChI is InChI=1S/C8H15NO2/c1-8(2,3)11-7(10)5-6-9-4/h5-6,9H,1-4H3/b6-5+. The molecule has 3 nitrogen and oxygen atoms in total. The van der Waals surface area contributed by atoms with Gasteiger partial charge in [0.2, 0.25) is 0 Å². The zero-order valence-electron chi connectivity index (χ0n) is 7.47. The molecule has 0 aromatic rings. The van der Waals surface area contributed by atoms with Gasteiger partial charge in [0.15, 0.2) is 0 Å². The van der Waals surface area contributed by atoms with Crippen LogP contribution in [0, 0.1) is 0 Å². The lowest BCUT2D eigenvalue weighted by Crippen LogP contribution is -2.22. The molecule has 0 aromatic carbocycles. The van der Waals surface area contributed by atoms with Gasteiger partial charge in [-0.05, 0) is 20.8 Å². The Morgan fingerprint density at radius 3 is 2.36 bits per heavy atom. The molecule has 0 aromatic heterocycles. The van der Waals surface area contributed by atoms with Gasteiger partial charge in [-0.15, -0.1) is 0 Å². The molecule has 1 N–H and O–H groups in total. The van der Waals surface area contributed by atoms with Crippen LogP contribution in [0.2, 0.25) is 0 Å². The van der Waals surface area contributed by atoms with Crippen LogP contribution in [-0.2, 0) is 9.53 Å². The minimum absolute atomic E-state index is 0.327. The zero-order chi connectivity index (χ0) is 8.91. The molecule has 0 aliphatic rings. The van der Waals surface area contributed by atoms with E-state index in [4.69, 9.17) is 4.74 Å². The van der Waals surface area contributed by atoms with Crippen molar-refractivity contribution in [2.24, 2.45) is 0 Å². The van der Waals surface area contributed by atoms with E-state index in [0.29, 0.717) is 0 Å². The fourth-order valence-electron chi connectivity index (χ4n) is 0.487. The Labute approximate surface area is 67.4 Å². The summed E-state index contributed by atoms with van der Waals surface area (Å²) in [6.07, 6.45) is 2.89. The van der Waals surface area contributed by atoms with Gasteiger partial charge in [0.25, 0.3) is 0 Å². The van der Waals surface area contributed by atoms with Crippen LogP contribution in [0.15, 0.2) is 12.3 Å². The van der Waals surface area contributed by atoms with Crippen LogP contribution in [0.3, 0.4) is 0 Å². The van der Waals surface area contributed by atoms with Crippen molar-refractivity contribution in [3.05, 3.63) is 12.3 Å². The Balaban J connectivity index is 3.80. The number of hydrogen-bond donors (Lipinski definition) is 1. The van der Waals surface area contributed by atoms with E-state index in [1.165, 1.54) is 12.3 Å². The first-order chi connectivity index (χ1) is 4.95. The SMILES string of the molecule is CN/C=C/C(=O)OC(C)(C)C. The quantitative estimate of drug-likeness (QED) is 0.481. The molecule has 0 saturated heterocycles. The Bertz CT molecular complexity index is 156. The number of ether oxygens (including phenoxy) is 1. The van der Waals surface area contributed by atoms with Crippen LogP contribution in [0.25, 0.3) is 0 Å². The first-order valence-electron chi connectivity index (χ1n) is 3.52. The molecule has 0 heterocycles. The molecule has 0 unspecified atom stereocenters. The summed E-state index contributed by atoms with van der Waals surface area (Å²) < 4.78 is 4.97. The van der Waals surface area contributed by atoms with Gasteiger partial charge < -0.3 is 10.1 Å². The van der Waals surface area contributed by atoms with E-state index in [2.05, 4.69) is 5.32 Å². The number of esters is 1. The molecular formula is C8H15NO2. The number of nitrogens with one attached hydrogen (secondary N) is 1. The van der Waals surface area contributed by atoms with Gasteiger partial charge in [0.1, 0.15) is 5.60 Å². The van der Waals surface area contributed by atoms with Crippen LogP contribution < -0.4 is 5.32 Å². The van der Waals surface area contributed by atoms with Crippen LogP contribution in [0.1, 0.15) is 20.8 Å². The summed E-state index contributed by atoms with van der Waals surface area (Å²) >= 11 is 0. The van der Waals surface area contributed by atoms with Gasteiger partial charge >= 0.3 is 5.97 Å². The third-order valence-electron chi connectivity index (χ3n) is 0.793. The van der Waals surface area contributed by atoms with Crippen LogP contribution in [-0.4, -0.2) is 18.6 Å². The van der Waals surface area contributed by atoms with Crippen molar-refractivity contribution in [2.45, 2.75) is 26.4 Å². The molecule has 0 saturated carbocycles. The van der Waals surface area contributed by atoms with Crippen molar-refractivity contribution in [1.29, 1.82) is 0 Å². The van der Waals surface area contributed by atoms with Gasteiger partial charge in [0, 0.05) is 19.3 Å². The Hall–Kier alpha value is -0.990. The molecule has 0 atom stereocenters. The van der Waals surface area contributed by atoms with Gasteiger partial charge in [0.05, 0.1) is 0 Å². The number of rotatable bonds is 2. The molecule has 0 fully saturated rings.